The second-order valence-corrected chi connectivity index (χ2v) is 6.24. The van der Waals surface area contributed by atoms with Crippen molar-refractivity contribution in [3.05, 3.63) is 0 Å². The monoisotopic (exact) mass is 228 g/mol. The van der Waals surface area contributed by atoms with Crippen molar-refractivity contribution < 1.29 is 4.74 Å². The zero-order chi connectivity index (χ0) is 12.4. The van der Waals surface area contributed by atoms with Crippen LogP contribution in [0, 0.1) is 5.41 Å². The highest BCUT2D eigenvalue weighted by Crippen LogP contribution is 2.29. The van der Waals surface area contributed by atoms with Crippen LogP contribution in [0.2, 0.25) is 0 Å². The zero-order valence-corrected chi connectivity index (χ0v) is 11.5. The molecule has 1 aliphatic rings. The van der Waals surface area contributed by atoms with Crippen LogP contribution in [0.4, 0.5) is 0 Å². The topological polar surface area (TPSA) is 38.5 Å². The van der Waals surface area contributed by atoms with E-state index in [1.807, 2.05) is 0 Å². The number of hydrogen-bond acceptors (Lipinski definition) is 3. The van der Waals surface area contributed by atoms with Gasteiger partial charge in [-0.05, 0) is 25.7 Å². The first-order valence-electron chi connectivity index (χ1n) is 6.39. The summed E-state index contributed by atoms with van der Waals surface area (Å²) in [7, 11) is 0. The van der Waals surface area contributed by atoms with E-state index in [0.29, 0.717) is 6.10 Å². The number of ether oxygens (including phenoxy) is 1. The average molecular weight is 228 g/mol. The molecule has 1 heterocycles. The van der Waals surface area contributed by atoms with Gasteiger partial charge in [0.25, 0.3) is 0 Å². The van der Waals surface area contributed by atoms with E-state index in [9.17, 15) is 0 Å². The van der Waals surface area contributed by atoms with E-state index in [0.717, 1.165) is 32.7 Å². The highest BCUT2D eigenvalue weighted by molar-refractivity contribution is 4.92. The van der Waals surface area contributed by atoms with E-state index < -0.39 is 0 Å². The Balaban J connectivity index is 2.53. The summed E-state index contributed by atoms with van der Waals surface area (Å²) in [4.78, 5) is 2.49. The molecule has 0 radical (unpaired) electrons. The Bertz CT molecular complexity index is 220. The van der Waals surface area contributed by atoms with Crippen molar-refractivity contribution in [1.82, 2.24) is 4.90 Å². The van der Waals surface area contributed by atoms with Crippen LogP contribution < -0.4 is 5.73 Å². The van der Waals surface area contributed by atoms with Gasteiger partial charge in [-0.2, -0.15) is 0 Å². The van der Waals surface area contributed by atoms with Crippen LogP contribution in [0.5, 0.6) is 0 Å². The number of rotatable bonds is 4. The van der Waals surface area contributed by atoms with Crippen molar-refractivity contribution in [1.29, 1.82) is 0 Å². The molecule has 1 unspecified atom stereocenters. The van der Waals surface area contributed by atoms with Crippen LogP contribution in [0.1, 0.15) is 41.0 Å². The maximum atomic E-state index is 6.24. The zero-order valence-electron chi connectivity index (χ0n) is 11.5. The molecule has 16 heavy (non-hydrogen) atoms. The first kappa shape index (κ1) is 13.9. The van der Waals surface area contributed by atoms with Crippen molar-refractivity contribution >= 4 is 0 Å². The van der Waals surface area contributed by atoms with Crippen LogP contribution in [0.3, 0.4) is 0 Å². The normalized spacial score (nSPS) is 24.8. The second-order valence-electron chi connectivity index (χ2n) is 6.24. The highest BCUT2D eigenvalue weighted by Gasteiger charge is 2.36. The summed E-state index contributed by atoms with van der Waals surface area (Å²) in [6, 6.07) is 0. The maximum Gasteiger partial charge on any atom is 0.0700 e. The molecule has 0 saturated carbocycles. The van der Waals surface area contributed by atoms with E-state index in [4.69, 9.17) is 10.5 Å². The molecular weight excluding hydrogens is 200 g/mol. The summed E-state index contributed by atoms with van der Waals surface area (Å²) in [5.74, 6) is 0. The minimum atomic E-state index is -0.146. The fourth-order valence-corrected chi connectivity index (χ4v) is 1.93. The van der Waals surface area contributed by atoms with Gasteiger partial charge < -0.3 is 10.5 Å². The molecule has 0 aliphatic carbocycles. The number of nitrogens with two attached hydrogens (primary N) is 1. The quantitative estimate of drug-likeness (QED) is 0.798. The molecule has 0 amide bonds. The fourth-order valence-electron chi connectivity index (χ4n) is 1.93. The fraction of sp³-hybridized carbons (Fsp3) is 1.00. The predicted octanol–water partition coefficient (Wildman–Crippen LogP) is 1.86. The van der Waals surface area contributed by atoms with E-state index in [-0.39, 0.29) is 11.0 Å². The Morgan fingerprint density at radius 2 is 1.94 bits per heavy atom. The summed E-state index contributed by atoms with van der Waals surface area (Å²) in [5.41, 5.74) is 6.22. The largest absolute Gasteiger partial charge is 0.376 e. The lowest BCUT2D eigenvalue weighted by molar-refractivity contribution is -0.0452. The van der Waals surface area contributed by atoms with Crippen molar-refractivity contribution in [2.45, 2.75) is 52.7 Å². The van der Waals surface area contributed by atoms with Crippen LogP contribution >= 0.6 is 0 Å². The van der Waals surface area contributed by atoms with Gasteiger partial charge in [0.1, 0.15) is 0 Å². The van der Waals surface area contributed by atoms with Crippen molar-refractivity contribution in [2.24, 2.45) is 11.1 Å². The van der Waals surface area contributed by atoms with Crippen molar-refractivity contribution in [2.75, 3.05) is 26.2 Å². The van der Waals surface area contributed by atoms with Gasteiger partial charge >= 0.3 is 0 Å². The molecule has 1 atom stereocenters. The lowest BCUT2D eigenvalue weighted by Gasteiger charge is -2.44. The van der Waals surface area contributed by atoms with Crippen molar-refractivity contribution in [3.63, 3.8) is 0 Å². The first-order valence-corrected chi connectivity index (χ1v) is 6.39. The number of nitrogens with zero attached hydrogens (tertiary/aromatic N) is 1. The number of hydrogen-bond donors (Lipinski definition) is 1. The third kappa shape index (κ3) is 3.44. The van der Waals surface area contributed by atoms with Crippen LogP contribution in [-0.2, 0) is 4.74 Å². The summed E-state index contributed by atoms with van der Waals surface area (Å²) in [6.45, 7) is 14.9. The van der Waals surface area contributed by atoms with E-state index in [1.54, 1.807) is 0 Å². The second kappa shape index (κ2) is 5.03. The molecule has 96 valence electrons. The Hall–Kier alpha value is -0.120. The lowest BCUT2D eigenvalue weighted by Crippen LogP contribution is -2.55. The Labute approximate surface area is 100 Å². The molecule has 0 bridgehead atoms. The third-order valence-electron chi connectivity index (χ3n) is 4.04. The molecule has 2 N–H and O–H groups in total. The molecular formula is C13H28N2O. The van der Waals surface area contributed by atoms with Crippen molar-refractivity contribution in [3.8, 4) is 0 Å². The molecule has 0 aromatic carbocycles. The summed E-state index contributed by atoms with van der Waals surface area (Å²) in [5, 5.41) is 0. The summed E-state index contributed by atoms with van der Waals surface area (Å²) >= 11 is 0. The standard InChI is InChI=1S/C13H28N2O/c1-6-11-9-15(7-8-16-11)10-12(2,3)13(4,5)14/h11H,6-10,14H2,1-5H3. The average Bonchev–Trinajstić information content (AvgIpc) is 2.15. The van der Waals surface area contributed by atoms with E-state index in [1.165, 1.54) is 0 Å². The SMILES string of the molecule is CCC1CN(CC(C)(C)C(C)(C)N)CCO1. The van der Waals surface area contributed by atoms with Gasteiger partial charge in [0, 0.05) is 25.2 Å². The molecule has 1 saturated heterocycles. The molecule has 1 rings (SSSR count). The first-order chi connectivity index (χ1) is 7.26. The Kier molecular flexibility index (Phi) is 4.38. The van der Waals surface area contributed by atoms with Gasteiger partial charge in [-0.25, -0.2) is 0 Å². The Morgan fingerprint density at radius 3 is 2.44 bits per heavy atom. The highest BCUT2D eigenvalue weighted by atomic mass is 16.5. The number of morpholine rings is 1. The molecule has 0 aromatic rings. The molecule has 0 spiro atoms. The van der Waals surface area contributed by atoms with Gasteiger partial charge in [0.05, 0.1) is 12.7 Å². The minimum Gasteiger partial charge on any atom is -0.376 e. The van der Waals surface area contributed by atoms with Crippen LogP contribution in [0.25, 0.3) is 0 Å². The van der Waals surface area contributed by atoms with E-state index in [2.05, 4.69) is 39.5 Å². The molecule has 0 aromatic heterocycles. The summed E-state index contributed by atoms with van der Waals surface area (Å²) < 4.78 is 5.68. The molecule has 1 fully saturated rings. The third-order valence-corrected chi connectivity index (χ3v) is 4.04. The molecule has 3 nitrogen and oxygen atoms in total. The lowest BCUT2D eigenvalue weighted by atomic mass is 9.75. The smallest absolute Gasteiger partial charge is 0.0700 e. The summed E-state index contributed by atoms with van der Waals surface area (Å²) in [6.07, 6.45) is 1.51. The molecule has 3 heteroatoms. The van der Waals surface area contributed by atoms with E-state index >= 15 is 0 Å². The Morgan fingerprint density at radius 1 is 1.31 bits per heavy atom. The minimum absolute atomic E-state index is 0.128. The van der Waals surface area contributed by atoms with Gasteiger partial charge in [-0.3, -0.25) is 4.90 Å². The maximum absolute atomic E-state index is 6.24. The van der Waals surface area contributed by atoms with Gasteiger partial charge in [-0.1, -0.05) is 20.8 Å². The molecule has 1 aliphatic heterocycles. The van der Waals surface area contributed by atoms with Gasteiger partial charge in [-0.15, -0.1) is 0 Å². The van der Waals surface area contributed by atoms with Gasteiger partial charge in [0.2, 0.25) is 0 Å². The van der Waals surface area contributed by atoms with Crippen LogP contribution in [-0.4, -0.2) is 42.8 Å². The predicted molar refractivity (Wildman–Crippen MR) is 68.5 cm³/mol. The van der Waals surface area contributed by atoms with Crippen LogP contribution in [0.15, 0.2) is 0 Å². The van der Waals surface area contributed by atoms with Gasteiger partial charge in [0.15, 0.2) is 0 Å².